The van der Waals surface area contributed by atoms with E-state index in [1.165, 1.54) is 18.7 Å². The fourth-order valence-corrected chi connectivity index (χ4v) is 2.15. The lowest BCUT2D eigenvalue weighted by atomic mass is 10.1. The van der Waals surface area contributed by atoms with Crippen LogP contribution in [0.4, 0.5) is 0 Å². The van der Waals surface area contributed by atoms with Crippen LogP contribution in [-0.4, -0.2) is 30.6 Å². The molecule has 0 atom stereocenters. The molecule has 6 nitrogen and oxygen atoms in total. The number of aromatic nitrogens is 4. The molecule has 0 unspecified atom stereocenters. The summed E-state index contributed by atoms with van der Waals surface area (Å²) in [5, 5.41) is 13.8. The van der Waals surface area contributed by atoms with Crippen LogP contribution in [0.25, 0.3) is 0 Å². The second kappa shape index (κ2) is 6.28. The van der Waals surface area contributed by atoms with E-state index in [0.717, 1.165) is 5.56 Å². The van der Waals surface area contributed by atoms with Crippen molar-refractivity contribution in [2.75, 3.05) is 0 Å². The predicted octanol–water partition coefficient (Wildman–Crippen LogP) is 1.44. The van der Waals surface area contributed by atoms with Crippen molar-refractivity contribution in [1.29, 1.82) is 0 Å². The lowest BCUT2D eigenvalue weighted by molar-refractivity contribution is 0.103. The topological polar surface area (TPSA) is 80.9 Å². The van der Waals surface area contributed by atoms with Crippen molar-refractivity contribution in [3.8, 4) is 0 Å². The number of ketones is 1. The van der Waals surface area contributed by atoms with E-state index in [9.17, 15) is 9.90 Å². The monoisotopic (exact) mass is 294 g/mol. The summed E-state index contributed by atoms with van der Waals surface area (Å²) in [6.07, 6.45) is 4.26. The SMILES string of the molecule is O=C(c1cncnc1)c1cc(CO)n(Cc2ccccc2)n1. The van der Waals surface area contributed by atoms with Gasteiger partial charge in [0.1, 0.15) is 12.0 Å². The summed E-state index contributed by atoms with van der Waals surface area (Å²) < 4.78 is 1.63. The first-order valence-electron chi connectivity index (χ1n) is 6.79. The first kappa shape index (κ1) is 14.1. The predicted molar refractivity (Wildman–Crippen MR) is 79.2 cm³/mol. The molecule has 1 aromatic carbocycles. The van der Waals surface area contributed by atoms with Gasteiger partial charge in [-0.25, -0.2) is 9.97 Å². The molecule has 22 heavy (non-hydrogen) atoms. The van der Waals surface area contributed by atoms with Crippen LogP contribution in [-0.2, 0) is 13.2 Å². The van der Waals surface area contributed by atoms with E-state index >= 15 is 0 Å². The molecule has 110 valence electrons. The van der Waals surface area contributed by atoms with Crippen molar-refractivity contribution >= 4 is 5.78 Å². The molecule has 2 aromatic heterocycles. The standard InChI is InChI=1S/C16H14N4O2/c21-10-14-6-15(16(22)13-7-17-11-18-8-13)19-20(14)9-12-4-2-1-3-5-12/h1-8,11,21H,9-10H2. The number of aliphatic hydroxyl groups excluding tert-OH is 1. The molecule has 0 amide bonds. The molecule has 0 aliphatic heterocycles. The van der Waals surface area contributed by atoms with Crippen molar-refractivity contribution in [3.63, 3.8) is 0 Å². The average Bonchev–Trinajstić information content (AvgIpc) is 2.99. The minimum Gasteiger partial charge on any atom is -0.390 e. The Kier molecular flexibility index (Phi) is 4.02. The second-order valence-electron chi connectivity index (χ2n) is 4.78. The van der Waals surface area contributed by atoms with Gasteiger partial charge < -0.3 is 5.11 Å². The van der Waals surface area contributed by atoms with E-state index < -0.39 is 0 Å². The highest BCUT2D eigenvalue weighted by Gasteiger charge is 2.16. The minimum absolute atomic E-state index is 0.182. The largest absolute Gasteiger partial charge is 0.390 e. The van der Waals surface area contributed by atoms with Gasteiger partial charge in [0, 0.05) is 12.4 Å². The summed E-state index contributed by atoms with van der Waals surface area (Å²) in [5.74, 6) is -0.262. The summed E-state index contributed by atoms with van der Waals surface area (Å²) in [6.45, 7) is 0.313. The van der Waals surface area contributed by atoms with Crippen LogP contribution in [0.15, 0.2) is 55.1 Å². The zero-order valence-electron chi connectivity index (χ0n) is 11.8. The highest BCUT2D eigenvalue weighted by atomic mass is 16.3. The molecule has 0 saturated heterocycles. The van der Waals surface area contributed by atoms with E-state index in [0.29, 0.717) is 17.8 Å². The molecule has 6 heteroatoms. The Labute approximate surface area is 127 Å². The van der Waals surface area contributed by atoms with Crippen molar-refractivity contribution in [3.05, 3.63) is 77.6 Å². The number of nitrogens with zero attached hydrogens (tertiary/aromatic N) is 4. The van der Waals surface area contributed by atoms with Crippen LogP contribution < -0.4 is 0 Å². The van der Waals surface area contributed by atoms with E-state index in [1.54, 1.807) is 10.7 Å². The fourth-order valence-electron chi connectivity index (χ4n) is 2.15. The highest BCUT2D eigenvalue weighted by Crippen LogP contribution is 2.12. The summed E-state index contributed by atoms with van der Waals surface area (Å²) in [4.78, 5) is 20.0. The van der Waals surface area contributed by atoms with Gasteiger partial charge in [0.25, 0.3) is 0 Å². The van der Waals surface area contributed by atoms with Gasteiger partial charge in [-0.3, -0.25) is 9.48 Å². The zero-order chi connectivity index (χ0) is 15.4. The number of carbonyl (C=O) groups is 1. The van der Waals surface area contributed by atoms with Crippen molar-refractivity contribution in [2.45, 2.75) is 13.2 Å². The third-order valence-electron chi connectivity index (χ3n) is 3.26. The number of aliphatic hydroxyl groups is 1. The first-order chi connectivity index (χ1) is 10.8. The summed E-state index contributed by atoms with van der Waals surface area (Å²) in [5.41, 5.74) is 2.28. The number of hydrogen-bond acceptors (Lipinski definition) is 5. The number of rotatable bonds is 5. The molecule has 0 saturated carbocycles. The van der Waals surface area contributed by atoms with Gasteiger partial charge in [0.15, 0.2) is 0 Å². The Balaban J connectivity index is 1.90. The first-order valence-corrected chi connectivity index (χ1v) is 6.79. The van der Waals surface area contributed by atoms with Crippen LogP contribution >= 0.6 is 0 Å². The van der Waals surface area contributed by atoms with E-state index in [4.69, 9.17) is 0 Å². The molecule has 1 N–H and O–H groups in total. The summed E-state index contributed by atoms with van der Waals surface area (Å²) >= 11 is 0. The van der Waals surface area contributed by atoms with Gasteiger partial charge in [0.2, 0.25) is 5.78 Å². The smallest absolute Gasteiger partial charge is 0.216 e. The van der Waals surface area contributed by atoms with E-state index in [1.807, 2.05) is 30.3 Å². The van der Waals surface area contributed by atoms with Crippen LogP contribution in [0.2, 0.25) is 0 Å². The molecular weight excluding hydrogens is 280 g/mol. The van der Waals surface area contributed by atoms with Gasteiger partial charge in [-0.15, -0.1) is 0 Å². The van der Waals surface area contributed by atoms with Crippen molar-refractivity contribution < 1.29 is 9.90 Å². The van der Waals surface area contributed by atoms with Crippen LogP contribution in [0.1, 0.15) is 27.3 Å². The maximum atomic E-state index is 12.3. The number of benzene rings is 1. The molecule has 3 rings (SSSR count). The maximum absolute atomic E-state index is 12.3. The molecule has 0 aliphatic rings. The van der Waals surface area contributed by atoms with E-state index in [-0.39, 0.29) is 18.1 Å². The van der Waals surface area contributed by atoms with E-state index in [2.05, 4.69) is 15.1 Å². The van der Waals surface area contributed by atoms with Gasteiger partial charge in [-0.1, -0.05) is 30.3 Å². The maximum Gasteiger partial charge on any atom is 0.216 e. The third-order valence-corrected chi connectivity index (χ3v) is 3.26. The lowest BCUT2D eigenvalue weighted by Gasteiger charge is -2.05. The molecule has 2 heterocycles. The molecule has 0 aliphatic carbocycles. The van der Waals surface area contributed by atoms with Crippen LogP contribution in [0.5, 0.6) is 0 Å². The fraction of sp³-hybridized carbons (Fsp3) is 0.125. The number of hydrogen-bond donors (Lipinski definition) is 1. The Bertz CT molecular complexity index is 769. The molecule has 3 aromatic rings. The Morgan fingerprint density at radius 3 is 2.55 bits per heavy atom. The lowest BCUT2D eigenvalue weighted by Crippen LogP contribution is -2.08. The van der Waals surface area contributed by atoms with Gasteiger partial charge >= 0.3 is 0 Å². The van der Waals surface area contributed by atoms with Gasteiger partial charge in [-0.05, 0) is 11.6 Å². The molecule has 0 bridgehead atoms. The van der Waals surface area contributed by atoms with Gasteiger partial charge in [-0.2, -0.15) is 5.10 Å². The third kappa shape index (κ3) is 2.91. The Morgan fingerprint density at radius 1 is 1.14 bits per heavy atom. The zero-order valence-corrected chi connectivity index (χ0v) is 11.8. The Hall–Kier alpha value is -2.86. The highest BCUT2D eigenvalue weighted by molar-refractivity contribution is 6.07. The normalized spacial score (nSPS) is 10.6. The van der Waals surface area contributed by atoms with Crippen LogP contribution in [0, 0.1) is 0 Å². The number of carbonyl (C=O) groups excluding carboxylic acids is 1. The molecular formula is C16H14N4O2. The van der Waals surface area contributed by atoms with Gasteiger partial charge in [0.05, 0.1) is 24.4 Å². The molecule has 0 spiro atoms. The minimum atomic E-state index is -0.262. The summed E-state index contributed by atoms with van der Waals surface area (Å²) in [7, 11) is 0. The van der Waals surface area contributed by atoms with Crippen LogP contribution in [0.3, 0.4) is 0 Å². The quantitative estimate of drug-likeness (QED) is 0.720. The van der Waals surface area contributed by atoms with Crippen molar-refractivity contribution in [1.82, 2.24) is 19.7 Å². The average molecular weight is 294 g/mol. The summed E-state index contributed by atoms with van der Waals surface area (Å²) in [6, 6.07) is 11.3. The molecule has 0 fully saturated rings. The molecule has 0 radical (unpaired) electrons. The second-order valence-corrected chi connectivity index (χ2v) is 4.78. The van der Waals surface area contributed by atoms with Crippen molar-refractivity contribution in [2.24, 2.45) is 0 Å². The Morgan fingerprint density at radius 2 is 1.86 bits per heavy atom.